The van der Waals surface area contributed by atoms with E-state index in [9.17, 15) is 9.59 Å². The maximum atomic E-state index is 12.5. The van der Waals surface area contributed by atoms with Crippen LogP contribution in [0.1, 0.15) is 41.3 Å². The number of amides is 2. The van der Waals surface area contributed by atoms with Crippen LogP contribution in [0.5, 0.6) is 0 Å². The van der Waals surface area contributed by atoms with Crippen LogP contribution in [0.15, 0.2) is 78.9 Å². The van der Waals surface area contributed by atoms with Gasteiger partial charge in [0.05, 0.1) is 6.42 Å². The molecule has 4 heteroatoms. The Morgan fingerprint density at radius 2 is 1.43 bits per heavy atom. The van der Waals surface area contributed by atoms with Crippen LogP contribution in [-0.2, 0) is 11.2 Å². The predicted octanol–water partition coefficient (Wildman–Crippen LogP) is 5.24. The molecule has 0 aliphatic carbocycles. The van der Waals surface area contributed by atoms with Gasteiger partial charge in [0.25, 0.3) is 5.91 Å². The van der Waals surface area contributed by atoms with Crippen LogP contribution < -0.4 is 10.6 Å². The molecule has 0 aromatic heterocycles. The smallest absolute Gasteiger partial charge is 0.255 e. The topological polar surface area (TPSA) is 58.2 Å². The van der Waals surface area contributed by atoms with Crippen molar-refractivity contribution in [3.05, 3.63) is 95.6 Å². The molecule has 3 rings (SSSR count). The van der Waals surface area contributed by atoms with E-state index in [-0.39, 0.29) is 11.8 Å². The highest BCUT2D eigenvalue weighted by Crippen LogP contribution is 2.18. The quantitative estimate of drug-likeness (QED) is 0.621. The molecule has 2 N–H and O–H groups in total. The van der Waals surface area contributed by atoms with Gasteiger partial charge >= 0.3 is 0 Å². The van der Waals surface area contributed by atoms with Crippen LogP contribution in [0.3, 0.4) is 0 Å². The summed E-state index contributed by atoms with van der Waals surface area (Å²) in [6.07, 6.45) is 0.305. The Morgan fingerprint density at radius 1 is 0.786 bits per heavy atom. The third-order valence-corrected chi connectivity index (χ3v) is 4.45. The van der Waals surface area contributed by atoms with Crippen molar-refractivity contribution in [3.8, 4) is 0 Å². The Bertz CT molecular complexity index is 948. The lowest BCUT2D eigenvalue weighted by Crippen LogP contribution is -2.15. The Balaban J connectivity index is 1.62. The zero-order valence-corrected chi connectivity index (χ0v) is 16.1. The zero-order valence-electron chi connectivity index (χ0n) is 16.1. The first kappa shape index (κ1) is 19.4. The Hall–Kier alpha value is -3.40. The monoisotopic (exact) mass is 372 g/mol. The van der Waals surface area contributed by atoms with Crippen LogP contribution in [-0.4, -0.2) is 11.8 Å². The molecule has 2 amide bonds. The molecule has 0 saturated carbocycles. The molecule has 4 nitrogen and oxygen atoms in total. The van der Waals surface area contributed by atoms with Gasteiger partial charge in [-0.2, -0.15) is 0 Å². The van der Waals surface area contributed by atoms with E-state index in [0.29, 0.717) is 29.3 Å². The molecule has 0 saturated heterocycles. The summed E-state index contributed by atoms with van der Waals surface area (Å²) in [6.45, 7) is 4.24. The predicted molar refractivity (Wildman–Crippen MR) is 114 cm³/mol. The molecule has 0 heterocycles. The van der Waals surface area contributed by atoms with Gasteiger partial charge in [-0.1, -0.05) is 62.4 Å². The number of rotatable bonds is 6. The minimum Gasteiger partial charge on any atom is -0.326 e. The summed E-state index contributed by atoms with van der Waals surface area (Å²) in [5.74, 6) is 0.148. The van der Waals surface area contributed by atoms with Crippen LogP contribution in [0.4, 0.5) is 11.4 Å². The maximum Gasteiger partial charge on any atom is 0.255 e. The van der Waals surface area contributed by atoms with Crippen molar-refractivity contribution in [1.82, 2.24) is 0 Å². The molecule has 3 aromatic carbocycles. The summed E-state index contributed by atoms with van der Waals surface area (Å²) >= 11 is 0. The number of hydrogen-bond donors (Lipinski definition) is 2. The molecular formula is C24H24N2O2. The molecular weight excluding hydrogens is 348 g/mol. The minimum atomic E-state index is -0.178. The molecule has 0 unspecified atom stereocenters. The highest BCUT2D eigenvalue weighted by molar-refractivity contribution is 6.04. The molecule has 0 fully saturated rings. The largest absolute Gasteiger partial charge is 0.326 e. The summed E-state index contributed by atoms with van der Waals surface area (Å²) in [7, 11) is 0. The lowest BCUT2D eigenvalue weighted by atomic mass is 10.0. The molecule has 0 atom stereocenters. The van der Waals surface area contributed by atoms with Gasteiger partial charge < -0.3 is 10.6 Å². The van der Waals surface area contributed by atoms with E-state index in [1.165, 1.54) is 5.56 Å². The zero-order chi connectivity index (χ0) is 19.9. The van der Waals surface area contributed by atoms with Gasteiger partial charge in [-0.05, 0) is 47.4 Å². The van der Waals surface area contributed by atoms with Gasteiger partial charge in [0, 0.05) is 16.9 Å². The van der Waals surface area contributed by atoms with Crippen molar-refractivity contribution in [2.75, 3.05) is 10.6 Å². The van der Waals surface area contributed by atoms with Gasteiger partial charge in [-0.25, -0.2) is 0 Å². The third kappa shape index (κ3) is 5.30. The Morgan fingerprint density at radius 3 is 2.07 bits per heavy atom. The van der Waals surface area contributed by atoms with E-state index in [4.69, 9.17) is 0 Å². The van der Waals surface area contributed by atoms with Gasteiger partial charge in [0.2, 0.25) is 5.91 Å². The molecule has 28 heavy (non-hydrogen) atoms. The van der Waals surface area contributed by atoms with E-state index in [1.807, 2.05) is 54.6 Å². The first-order chi connectivity index (χ1) is 13.5. The average Bonchev–Trinajstić information content (AvgIpc) is 2.69. The fraction of sp³-hybridized carbons (Fsp3) is 0.167. The molecule has 3 aromatic rings. The van der Waals surface area contributed by atoms with Crippen LogP contribution in [0, 0.1) is 0 Å². The van der Waals surface area contributed by atoms with E-state index >= 15 is 0 Å². The van der Waals surface area contributed by atoms with E-state index in [2.05, 4.69) is 24.5 Å². The molecule has 0 aliphatic rings. The second kappa shape index (κ2) is 9.00. The standard InChI is InChI=1S/C24H24N2O2/c1-17(2)19-11-13-20(14-12-19)24(28)26-22-10-6-9-21(16-22)25-23(27)15-18-7-4-3-5-8-18/h3-14,16-17H,15H2,1-2H3,(H,25,27)(H,26,28). The number of anilines is 2. The summed E-state index contributed by atoms with van der Waals surface area (Å²) in [4.78, 5) is 24.7. The number of carbonyl (C=O) groups excluding carboxylic acids is 2. The summed E-state index contributed by atoms with van der Waals surface area (Å²) in [6, 6.07) is 24.3. The molecule has 0 bridgehead atoms. The fourth-order valence-electron chi connectivity index (χ4n) is 2.88. The highest BCUT2D eigenvalue weighted by Gasteiger charge is 2.09. The lowest BCUT2D eigenvalue weighted by molar-refractivity contribution is -0.115. The Labute approximate surface area is 165 Å². The van der Waals surface area contributed by atoms with E-state index in [1.54, 1.807) is 24.3 Å². The average molecular weight is 372 g/mol. The van der Waals surface area contributed by atoms with Crippen LogP contribution in [0.25, 0.3) is 0 Å². The summed E-state index contributed by atoms with van der Waals surface area (Å²) < 4.78 is 0. The second-order valence-corrected chi connectivity index (χ2v) is 7.02. The highest BCUT2D eigenvalue weighted by atomic mass is 16.2. The minimum absolute atomic E-state index is 0.0982. The van der Waals surface area contributed by atoms with Crippen molar-refractivity contribution in [3.63, 3.8) is 0 Å². The number of hydrogen-bond acceptors (Lipinski definition) is 2. The first-order valence-corrected chi connectivity index (χ1v) is 9.36. The van der Waals surface area contributed by atoms with E-state index < -0.39 is 0 Å². The summed E-state index contributed by atoms with van der Waals surface area (Å²) in [5, 5.41) is 5.75. The second-order valence-electron chi connectivity index (χ2n) is 7.02. The number of benzene rings is 3. The van der Waals surface area contributed by atoms with Crippen molar-refractivity contribution >= 4 is 23.2 Å². The molecule has 0 radical (unpaired) electrons. The Kier molecular flexibility index (Phi) is 6.22. The van der Waals surface area contributed by atoms with Gasteiger partial charge in [0.1, 0.15) is 0 Å². The lowest BCUT2D eigenvalue weighted by Gasteiger charge is -2.10. The van der Waals surface area contributed by atoms with Gasteiger partial charge in [-0.15, -0.1) is 0 Å². The molecule has 142 valence electrons. The normalized spacial score (nSPS) is 10.5. The van der Waals surface area contributed by atoms with Gasteiger partial charge in [0.15, 0.2) is 0 Å². The third-order valence-electron chi connectivity index (χ3n) is 4.45. The van der Waals surface area contributed by atoms with Crippen molar-refractivity contribution in [2.24, 2.45) is 0 Å². The van der Waals surface area contributed by atoms with Crippen molar-refractivity contribution in [2.45, 2.75) is 26.2 Å². The van der Waals surface area contributed by atoms with Crippen LogP contribution in [0.2, 0.25) is 0 Å². The molecule has 0 aliphatic heterocycles. The SMILES string of the molecule is CC(C)c1ccc(C(=O)Nc2cccc(NC(=O)Cc3ccccc3)c2)cc1. The fourth-order valence-corrected chi connectivity index (χ4v) is 2.88. The first-order valence-electron chi connectivity index (χ1n) is 9.36. The maximum absolute atomic E-state index is 12.5. The van der Waals surface area contributed by atoms with Crippen molar-refractivity contribution < 1.29 is 9.59 Å². The number of nitrogens with one attached hydrogen (secondary N) is 2. The van der Waals surface area contributed by atoms with E-state index in [0.717, 1.165) is 5.56 Å². The molecule has 0 spiro atoms. The van der Waals surface area contributed by atoms with Crippen molar-refractivity contribution in [1.29, 1.82) is 0 Å². The van der Waals surface area contributed by atoms with Crippen LogP contribution >= 0.6 is 0 Å². The summed E-state index contributed by atoms with van der Waals surface area (Å²) in [5.41, 5.74) is 4.03. The number of carbonyl (C=O) groups is 2. The van der Waals surface area contributed by atoms with Gasteiger partial charge in [-0.3, -0.25) is 9.59 Å².